The lowest BCUT2D eigenvalue weighted by Gasteiger charge is -2.39. The number of fused-ring (bicyclic) bond motifs is 4. The first-order valence-corrected chi connectivity index (χ1v) is 18.1. The first-order chi connectivity index (χ1) is 19.9. The van der Waals surface area contributed by atoms with Gasteiger partial charge in [-0.05, 0) is 24.3 Å². The van der Waals surface area contributed by atoms with Gasteiger partial charge in [-0.2, -0.15) is 0 Å². The Kier molecular flexibility index (Phi) is 8.64. The maximum atomic E-state index is 15.7. The lowest BCUT2D eigenvalue weighted by atomic mass is 10.1. The minimum absolute atomic E-state index is 0.112. The number of amides is 1. The summed E-state index contributed by atoms with van der Waals surface area (Å²) in [5.74, 6) is -0.842. The van der Waals surface area contributed by atoms with Gasteiger partial charge in [0, 0.05) is 12.1 Å². The molecule has 1 aliphatic carbocycles. The highest BCUT2D eigenvalue weighted by molar-refractivity contribution is 8.44. The SMILES string of the molecule is NC1NC(=O)C2N=CN([C@@H]3O[C@@H]4COP(O)(=S)O[C@@H]5[C@@H](COP(=O)(S)O[C@@H]3[C@@H]4O)C[C@@H](Nc3ccncn3)[C@H]5F)C2N1. The number of nitrogens with two attached hydrogens (primary N) is 1. The number of carbonyl (C=O) groups is 1. The molecular formula is C20H29FN8O9P2S2. The number of ether oxygens (including phenoxy) is 1. The Bertz CT molecular complexity index is 1310. The van der Waals surface area contributed by atoms with Crippen molar-refractivity contribution in [2.24, 2.45) is 16.6 Å². The van der Waals surface area contributed by atoms with E-state index in [4.69, 9.17) is 40.4 Å². The molecule has 1 amide bonds. The van der Waals surface area contributed by atoms with Crippen LogP contribution in [0.3, 0.4) is 0 Å². The third-order valence-corrected chi connectivity index (χ3v) is 10.7. The summed E-state index contributed by atoms with van der Waals surface area (Å²) in [6.07, 6.45) is -5.72. The zero-order chi connectivity index (χ0) is 29.8. The van der Waals surface area contributed by atoms with Crippen molar-refractivity contribution in [3.63, 3.8) is 0 Å². The number of thiol groups is 1. The molecule has 2 bridgehead atoms. The van der Waals surface area contributed by atoms with Crippen molar-refractivity contribution in [2.75, 3.05) is 18.5 Å². The van der Waals surface area contributed by atoms with E-state index in [1.807, 2.05) is 0 Å². The third kappa shape index (κ3) is 6.24. The van der Waals surface area contributed by atoms with Crippen LogP contribution in [0.25, 0.3) is 0 Å². The first-order valence-electron chi connectivity index (χ1n) is 12.9. The average Bonchev–Trinajstić information content (AvgIpc) is 3.57. The number of aromatic nitrogens is 2. The standard InChI is InChI=1S/C20H29FN8O9P2S2/c21-12-9(26-11-1-2-23-6-24-11)3-8-4-34-39(32,41)38-16-14(30)10(5-35-40(33,42)37-15(8)12)36-19(16)29-7-25-13-17(29)27-20(22)28-18(13)31/h1-2,6-10,12-17,19-20,27,30H,3-5,22H2,(H,28,31)(H,32,41)(H,33,42)(H,23,24,26)/t8-,9-,10-,12-,13?,14-,15-,16-,17?,19-,20?,39?,40?/m1/s1. The van der Waals surface area contributed by atoms with Gasteiger partial charge in [0.15, 0.2) is 12.3 Å². The Hall–Kier alpha value is -1.38. The summed E-state index contributed by atoms with van der Waals surface area (Å²) in [5, 5.41) is 19.5. The number of nitrogens with zero attached hydrogens (tertiary/aromatic N) is 4. The highest BCUT2D eigenvalue weighted by Gasteiger charge is 2.55. The second-order valence-corrected chi connectivity index (χ2v) is 15.9. The Morgan fingerprint density at radius 3 is 2.86 bits per heavy atom. The minimum atomic E-state index is -4.24. The van der Waals surface area contributed by atoms with Gasteiger partial charge in [-0.1, -0.05) is 12.2 Å². The van der Waals surface area contributed by atoms with Gasteiger partial charge < -0.3 is 43.8 Å². The van der Waals surface area contributed by atoms with Gasteiger partial charge in [-0.15, -0.1) is 0 Å². The molecule has 6 rings (SSSR count). The molecule has 5 heterocycles. The van der Waals surface area contributed by atoms with E-state index < -0.39 is 93.3 Å². The maximum absolute atomic E-state index is 15.7. The molecule has 1 aromatic rings. The molecule has 13 atom stereocenters. The van der Waals surface area contributed by atoms with Crippen LogP contribution in [0.4, 0.5) is 10.2 Å². The van der Waals surface area contributed by atoms with E-state index in [1.165, 1.54) is 23.8 Å². The van der Waals surface area contributed by atoms with Gasteiger partial charge in [0.2, 0.25) is 0 Å². The van der Waals surface area contributed by atoms with E-state index in [0.717, 1.165) is 0 Å². The molecule has 1 saturated carbocycles. The number of aliphatic hydroxyl groups excluding tert-OH is 1. The largest absolute Gasteiger partial charge is 0.387 e. The predicted molar refractivity (Wildman–Crippen MR) is 149 cm³/mol. The first kappa shape index (κ1) is 30.6. The summed E-state index contributed by atoms with van der Waals surface area (Å²) < 4.78 is 57.5. The molecule has 7 N–H and O–H groups in total. The Labute approximate surface area is 249 Å². The molecule has 3 saturated heterocycles. The van der Waals surface area contributed by atoms with Crippen LogP contribution in [0.2, 0.25) is 0 Å². The van der Waals surface area contributed by atoms with Crippen LogP contribution < -0.4 is 21.7 Å². The maximum Gasteiger partial charge on any atom is 0.386 e. The van der Waals surface area contributed by atoms with Gasteiger partial charge >= 0.3 is 13.5 Å². The van der Waals surface area contributed by atoms with Gasteiger partial charge in [-0.25, -0.2) is 18.9 Å². The number of carbonyl (C=O) groups excluding carboxylic acids is 1. The van der Waals surface area contributed by atoms with Gasteiger partial charge in [-0.3, -0.25) is 25.4 Å². The number of halogens is 1. The zero-order valence-corrected chi connectivity index (χ0v) is 25.0. The number of hydrogen-bond donors (Lipinski definition) is 7. The molecule has 0 radical (unpaired) electrons. The molecule has 22 heteroatoms. The number of rotatable bonds is 3. The van der Waals surface area contributed by atoms with Crippen LogP contribution in [-0.2, 0) is 44.0 Å². The van der Waals surface area contributed by atoms with E-state index >= 15 is 4.39 Å². The van der Waals surface area contributed by atoms with E-state index in [0.29, 0.717) is 5.82 Å². The van der Waals surface area contributed by atoms with Crippen molar-refractivity contribution in [1.82, 2.24) is 25.5 Å². The van der Waals surface area contributed by atoms with Crippen LogP contribution in [-0.4, -0.2) is 112 Å². The summed E-state index contributed by atoms with van der Waals surface area (Å²) in [4.78, 5) is 36.8. The van der Waals surface area contributed by atoms with Gasteiger partial charge in [0.05, 0.1) is 25.6 Å². The van der Waals surface area contributed by atoms with Crippen molar-refractivity contribution in [1.29, 1.82) is 0 Å². The third-order valence-electron chi connectivity index (χ3n) is 7.50. The molecule has 17 nitrogen and oxygen atoms in total. The topological polar surface area (TPSA) is 224 Å². The summed E-state index contributed by atoms with van der Waals surface area (Å²) >= 11 is 9.28. The molecule has 4 aliphatic heterocycles. The van der Waals surface area contributed by atoms with E-state index in [9.17, 15) is 19.4 Å². The molecule has 42 heavy (non-hydrogen) atoms. The lowest BCUT2D eigenvalue weighted by molar-refractivity contribution is -0.130. The molecule has 0 spiro atoms. The fraction of sp³-hybridized carbons (Fsp3) is 0.700. The van der Waals surface area contributed by atoms with Crippen molar-refractivity contribution in [2.45, 2.75) is 67.8 Å². The highest BCUT2D eigenvalue weighted by Crippen LogP contribution is 2.58. The second kappa shape index (κ2) is 11.8. The number of aliphatic imine (C=N–C) groups is 1. The average molecular weight is 671 g/mol. The highest BCUT2D eigenvalue weighted by atomic mass is 32.7. The number of anilines is 1. The van der Waals surface area contributed by atoms with Crippen LogP contribution >= 0.6 is 25.8 Å². The molecule has 0 aromatic carbocycles. The van der Waals surface area contributed by atoms with Crippen LogP contribution in [0.1, 0.15) is 6.42 Å². The molecular weight excluding hydrogens is 641 g/mol. The lowest BCUT2D eigenvalue weighted by Crippen LogP contribution is -2.70. The Morgan fingerprint density at radius 2 is 2.10 bits per heavy atom. The van der Waals surface area contributed by atoms with E-state index in [1.54, 1.807) is 6.07 Å². The van der Waals surface area contributed by atoms with Gasteiger partial charge in [0.1, 0.15) is 55.2 Å². The van der Waals surface area contributed by atoms with Crippen molar-refractivity contribution >= 4 is 55.6 Å². The minimum Gasteiger partial charge on any atom is -0.387 e. The number of alkyl halides is 1. The predicted octanol–water partition coefficient (Wildman–Crippen LogP) is -1.23. The smallest absolute Gasteiger partial charge is 0.386 e. The normalized spacial score (nSPS) is 47.5. The molecule has 1 aromatic heterocycles. The summed E-state index contributed by atoms with van der Waals surface area (Å²) in [6.45, 7) is -9.21. The molecule has 5 unspecified atom stereocenters. The van der Waals surface area contributed by atoms with Crippen LogP contribution in [0.5, 0.6) is 0 Å². The molecule has 5 aliphatic rings. The summed E-state index contributed by atoms with van der Waals surface area (Å²) in [7, 11) is 0. The van der Waals surface area contributed by atoms with Crippen molar-refractivity contribution < 1.29 is 46.6 Å². The monoisotopic (exact) mass is 670 g/mol. The number of aliphatic hydroxyl groups is 1. The Morgan fingerprint density at radius 1 is 1.29 bits per heavy atom. The quantitative estimate of drug-likeness (QED) is 0.148. The van der Waals surface area contributed by atoms with Crippen molar-refractivity contribution in [3.8, 4) is 0 Å². The van der Waals surface area contributed by atoms with Crippen LogP contribution in [0.15, 0.2) is 23.6 Å². The second-order valence-electron chi connectivity index (χ2n) is 10.3. The van der Waals surface area contributed by atoms with Crippen LogP contribution in [0, 0.1) is 5.92 Å². The van der Waals surface area contributed by atoms with E-state index in [-0.39, 0.29) is 13.0 Å². The number of hydrogen-bond acceptors (Lipinski definition) is 16. The van der Waals surface area contributed by atoms with Gasteiger partial charge in [0.25, 0.3) is 5.91 Å². The fourth-order valence-corrected chi connectivity index (χ4v) is 8.54. The molecule has 232 valence electrons. The molecule has 4 fully saturated rings. The van der Waals surface area contributed by atoms with Crippen molar-refractivity contribution in [3.05, 3.63) is 18.6 Å². The fourth-order valence-electron chi connectivity index (χ4n) is 5.57. The zero-order valence-electron chi connectivity index (χ0n) is 21.5. The Balaban J connectivity index is 1.24. The summed E-state index contributed by atoms with van der Waals surface area (Å²) in [6, 6.07) is -0.164. The number of nitrogens with one attached hydrogen (secondary N) is 3. The summed E-state index contributed by atoms with van der Waals surface area (Å²) in [5.41, 5.74) is 5.86. The van der Waals surface area contributed by atoms with E-state index in [2.05, 4.69) is 43.2 Å².